The van der Waals surface area contributed by atoms with Crippen LogP contribution in [0.5, 0.6) is 0 Å². The quantitative estimate of drug-likeness (QED) is 0.319. The summed E-state index contributed by atoms with van der Waals surface area (Å²) in [5, 5.41) is 26.0. The molecule has 0 unspecified atom stereocenters. The highest BCUT2D eigenvalue weighted by atomic mass is 16.6. The first-order chi connectivity index (χ1) is 13.2. The molecule has 130 valence electrons. The van der Waals surface area contributed by atoms with Gasteiger partial charge < -0.3 is 14.9 Å². The number of ether oxygens (including phenoxy) is 1. The van der Waals surface area contributed by atoms with E-state index in [2.05, 4.69) is 60.7 Å². The lowest BCUT2D eigenvalue weighted by Crippen LogP contribution is -2.29. The lowest BCUT2D eigenvalue weighted by molar-refractivity contribution is 0.000129. The van der Waals surface area contributed by atoms with Gasteiger partial charge in [-0.1, -0.05) is 48.5 Å². The second-order valence-electron chi connectivity index (χ2n) is 7.82. The summed E-state index contributed by atoms with van der Waals surface area (Å²) in [7, 11) is 0. The van der Waals surface area contributed by atoms with Crippen molar-refractivity contribution in [3.8, 4) is 22.3 Å². The molecule has 1 saturated heterocycles. The summed E-state index contributed by atoms with van der Waals surface area (Å²) in [5.74, 6) is 0. The first-order valence-corrected chi connectivity index (χ1v) is 9.37. The molecule has 3 aliphatic rings. The average Bonchev–Trinajstić information content (AvgIpc) is 3.43. The summed E-state index contributed by atoms with van der Waals surface area (Å²) in [6.45, 7) is 0. The van der Waals surface area contributed by atoms with E-state index in [1.165, 1.54) is 32.8 Å². The molecule has 4 atom stereocenters. The molecule has 0 radical (unpaired) electrons. The van der Waals surface area contributed by atoms with Gasteiger partial charge >= 0.3 is 0 Å². The fourth-order valence-corrected chi connectivity index (χ4v) is 5.27. The van der Waals surface area contributed by atoms with Gasteiger partial charge in [-0.2, -0.15) is 0 Å². The molecule has 4 aromatic carbocycles. The number of rotatable bonds is 0. The van der Waals surface area contributed by atoms with E-state index >= 15 is 0 Å². The van der Waals surface area contributed by atoms with Gasteiger partial charge in [0.05, 0.1) is 0 Å². The zero-order chi connectivity index (χ0) is 17.9. The topological polar surface area (TPSA) is 53.0 Å². The SMILES string of the molecule is O[C@@H]1[C@@H]2O[C@@H]2c2c(cc3c4c(c5ccccc5cc24)-c2ccccc2-3)[C@H]1O. The zero-order valence-corrected chi connectivity index (χ0v) is 14.4. The predicted octanol–water partition coefficient (Wildman–Crippen LogP) is 4.49. The van der Waals surface area contributed by atoms with Crippen LogP contribution in [0.1, 0.15) is 23.3 Å². The van der Waals surface area contributed by atoms with Crippen LogP contribution < -0.4 is 0 Å². The maximum atomic E-state index is 10.8. The van der Waals surface area contributed by atoms with Crippen molar-refractivity contribution in [2.24, 2.45) is 0 Å². The molecule has 1 aliphatic heterocycles. The molecular weight excluding hydrogens is 336 g/mol. The normalized spacial score (nSPS) is 26.7. The van der Waals surface area contributed by atoms with Crippen molar-refractivity contribution in [1.82, 2.24) is 0 Å². The van der Waals surface area contributed by atoms with Crippen molar-refractivity contribution in [3.05, 3.63) is 71.8 Å². The lowest BCUT2D eigenvalue weighted by Gasteiger charge is -2.25. The summed E-state index contributed by atoms with van der Waals surface area (Å²) in [4.78, 5) is 0. The molecule has 2 N–H and O–H groups in total. The predicted molar refractivity (Wildman–Crippen MR) is 104 cm³/mol. The van der Waals surface area contributed by atoms with Crippen LogP contribution in [0.3, 0.4) is 0 Å². The minimum atomic E-state index is -0.910. The van der Waals surface area contributed by atoms with Crippen molar-refractivity contribution < 1.29 is 14.9 Å². The van der Waals surface area contributed by atoms with Gasteiger partial charge in [0.1, 0.15) is 24.4 Å². The Kier molecular flexibility index (Phi) is 2.43. The highest BCUT2D eigenvalue weighted by molar-refractivity contribution is 6.24. The number of benzene rings is 4. The number of hydrogen-bond donors (Lipinski definition) is 2. The molecule has 0 amide bonds. The Morgan fingerprint density at radius 2 is 1.56 bits per heavy atom. The van der Waals surface area contributed by atoms with E-state index in [-0.39, 0.29) is 12.2 Å². The molecule has 0 spiro atoms. The van der Waals surface area contributed by atoms with Crippen molar-refractivity contribution in [3.63, 3.8) is 0 Å². The van der Waals surface area contributed by atoms with Crippen LogP contribution in [0.15, 0.2) is 60.7 Å². The van der Waals surface area contributed by atoms with E-state index in [0.717, 1.165) is 22.1 Å². The Labute approximate surface area is 155 Å². The molecular formula is C24H16O3. The fraction of sp³-hybridized carbons (Fsp3) is 0.167. The first kappa shape index (κ1) is 14.4. The number of fused-ring (bicyclic) bond motifs is 9. The van der Waals surface area contributed by atoms with E-state index in [1.807, 2.05) is 0 Å². The zero-order valence-electron chi connectivity index (χ0n) is 14.4. The number of epoxide rings is 1. The minimum Gasteiger partial charge on any atom is -0.387 e. The molecule has 7 rings (SSSR count). The van der Waals surface area contributed by atoms with Crippen molar-refractivity contribution in [1.29, 1.82) is 0 Å². The Balaban J connectivity index is 1.74. The molecule has 4 aromatic rings. The van der Waals surface area contributed by atoms with Gasteiger partial charge in [-0.05, 0) is 67.1 Å². The maximum absolute atomic E-state index is 10.8. The molecule has 0 aromatic heterocycles. The minimum absolute atomic E-state index is 0.120. The third-order valence-electron chi connectivity index (χ3n) is 6.50. The second kappa shape index (κ2) is 4.57. The number of hydrogen-bond acceptors (Lipinski definition) is 3. The van der Waals surface area contributed by atoms with E-state index in [9.17, 15) is 10.2 Å². The fourth-order valence-electron chi connectivity index (χ4n) is 5.27. The Morgan fingerprint density at radius 1 is 0.778 bits per heavy atom. The smallest absolute Gasteiger partial charge is 0.118 e. The standard InChI is InChI=1S/C24H16O3/c25-21-17-10-15-13-7-3-4-8-14(13)18-12-6-2-1-5-11(12)9-16(19(15)18)20(17)23-24(27-23)22(21)26/h1-10,21-26H/t21-,22+,23-,24+/m1/s1. The first-order valence-electron chi connectivity index (χ1n) is 9.37. The van der Waals surface area contributed by atoms with Crippen molar-refractivity contribution >= 4 is 21.5 Å². The molecule has 0 saturated carbocycles. The number of aliphatic hydroxyl groups excluding tert-OH is 2. The van der Waals surface area contributed by atoms with Gasteiger partial charge in [-0.25, -0.2) is 0 Å². The maximum Gasteiger partial charge on any atom is 0.118 e. The summed E-state index contributed by atoms with van der Waals surface area (Å²) < 4.78 is 5.77. The van der Waals surface area contributed by atoms with E-state index in [4.69, 9.17) is 4.74 Å². The van der Waals surface area contributed by atoms with Crippen LogP contribution >= 0.6 is 0 Å². The van der Waals surface area contributed by atoms with Gasteiger partial charge in [0.2, 0.25) is 0 Å². The molecule has 0 bridgehead atoms. The monoisotopic (exact) mass is 352 g/mol. The van der Waals surface area contributed by atoms with Crippen LogP contribution in [0, 0.1) is 0 Å². The summed E-state index contributed by atoms with van der Waals surface area (Å²) in [6, 6.07) is 21.2. The average molecular weight is 352 g/mol. The van der Waals surface area contributed by atoms with Crippen LogP contribution in [0.2, 0.25) is 0 Å². The van der Waals surface area contributed by atoms with Gasteiger partial charge in [-0.3, -0.25) is 0 Å². The van der Waals surface area contributed by atoms with Crippen LogP contribution in [-0.4, -0.2) is 22.4 Å². The molecule has 27 heavy (non-hydrogen) atoms. The molecule has 1 heterocycles. The summed E-state index contributed by atoms with van der Waals surface area (Å²) in [5.41, 5.74) is 6.70. The van der Waals surface area contributed by atoms with Gasteiger partial charge in [0, 0.05) is 0 Å². The van der Waals surface area contributed by atoms with Crippen molar-refractivity contribution in [2.75, 3.05) is 0 Å². The summed E-state index contributed by atoms with van der Waals surface area (Å²) >= 11 is 0. The Bertz CT molecular complexity index is 1310. The van der Waals surface area contributed by atoms with E-state index in [0.29, 0.717) is 0 Å². The Morgan fingerprint density at radius 3 is 2.44 bits per heavy atom. The van der Waals surface area contributed by atoms with Gasteiger partial charge in [0.25, 0.3) is 0 Å². The van der Waals surface area contributed by atoms with Gasteiger partial charge in [0.15, 0.2) is 0 Å². The molecule has 2 aliphatic carbocycles. The second-order valence-corrected chi connectivity index (χ2v) is 7.82. The van der Waals surface area contributed by atoms with Crippen molar-refractivity contribution in [2.45, 2.75) is 24.4 Å². The largest absolute Gasteiger partial charge is 0.387 e. The lowest BCUT2D eigenvalue weighted by atomic mass is 9.81. The van der Waals surface area contributed by atoms with Crippen LogP contribution in [0.25, 0.3) is 43.8 Å². The third-order valence-corrected chi connectivity index (χ3v) is 6.50. The van der Waals surface area contributed by atoms with Gasteiger partial charge in [-0.15, -0.1) is 0 Å². The molecule has 3 heteroatoms. The molecule has 1 fully saturated rings. The highest BCUT2D eigenvalue weighted by Crippen LogP contribution is 2.58. The van der Waals surface area contributed by atoms with E-state index < -0.39 is 12.2 Å². The Hall–Kier alpha value is -2.72. The van der Waals surface area contributed by atoms with Crippen LogP contribution in [0.4, 0.5) is 0 Å². The molecule has 3 nitrogen and oxygen atoms in total. The van der Waals surface area contributed by atoms with Crippen LogP contribution in [-0.2, 0) is 4.74 Å². The highest BCUT2D eigenvalue weighted by Gasteiger charge is 2.54. The van der Waals surface area contributed by atoms with E-state index in [1.54, 1.807) is 0 Å². The summed E-state index contributed by atoms with van der Waals surface area (Å²) in [6.07, 6.45) is -2.18. The third kappa shape index (κ3) is 1.60. The number of aliphatic hydroxyl groups is 2.